The van der Waals surface area contributed by atoms with E-state index in [1.807, 2.05) is 13.0 Å². The normalized spacial score (nSPS) is 8.70. The Labute approximate surface area is 62.6 Å². The van der Waals surface area contributed by atoms with Gasteiger partial charge in [0.15, 0.2) is 0 Å². The van der Waals surface area contributed by atoms with Gasteiger partial charge >= 0.3 is 0 Å². The van der Waals surface area contributed by atoms with Crippen LogP contribution in [0, 0.1) is 19.7 Å². The Balaban J connectivity index is 0.000000810. The van der Waals surface area contributed by atoms with Crippen molar-refractivity contribution in [1.29, 1.82) is 0 Å². The molecule has 0 aliphatic carbocycles. The Kier molecular flexibility index (Phi) is 3.13. The van der Waals surface area contributed by atoms with Crippen LogP contribution in [0.25, 0.3) is 0 Å². The van der Waals surface area contributed by atoms with Crippen molar-refractivity contribution in [3.8, 4) is 0 Å². The highest BCUT2D eigenvalue weighted by Crippen LogP contribution is 2.09. The number of benzene rings is 1. The highest BCUT2D eigenvalue weighted by Gasteiger charge is 1.95. The lowest BCUT2D eigenvalue weighted by atomic mass is 10.1. The summed E-state index contributed by atoms with van der Waals surface area (Å²) in [4.78, 5) is 0. The van der Waals surface area contributed by atoms with Crippen molar-refractivity contribution in [2.75, 3.05) is 0 Å². The van der Waals surface area contributed by atoms with E-state index in [0.717, 1.165) is 11.1 Å². The number of halogens is 1. The molecule has 0 amide bonds. The van der Waals surface area contributed by atoms with Gasteiger partial charge in [0, 0.05) is 8.41 Å². The van der Waals surface area contributed by atoms with Crippen LogP contribution in [0.3, 0.4) is 0 Å². The summed E-state index contributed by atoms with van der Waals surface area (Å²) >= 11 is 0. The van der Waals surface area contributed by atoms with Gasteiger partial charge in [0.05, 0.1) is 0 Å². The van der Waals surface area contributed by atoms with Crippen LogP contribution in [0.2, 0.25) is 0 Å². The molecule has 0 nitrogen and oxygen atoms in total. The third-order valence-corrected chi connectivity index (χ3v) is 1.54. The van der Waals surface area contributed by atoms with Crippen molar-refractivity contribution in [1.82, 2.24) is 0 Å². The average Bonchev–Trinajstić information content (AvgIpc) is 1.83. The zero-order chi connectivity index (χ0) is 6.85. The zero-order valence-corrected chi connectivity index (χ0v) is 6.19. The second-order valence-electron chi connectivity index (χ2n) is 2.18. The Hall–Kier alpha value is -0.785. The molecule has 0 N–H and O–H groups in total. The maximum Gasteiger partial charge on any atom is 0.126 e. The fraction of sp³-hybridized carbons (Fsp3) is 0.250. The molecular formula is C8H9BF. The Morgan fingerprint density at radius 3 is 2.20 bits per heavy atom. The molecule has 0 aliphatic heterocycles. The molecule has 2 heteroatoms. The second kappa shape index (κ2) is 3.40. The van der Waals surface area contributed by atoms with E-state index in [1.54, 1.807) is 13.0 Å². The van der Waals surface area contributed by atoms with Crippen LogP contribution in [0.4, 0.5) is 4.39 Å². The van der Waals surface area contributed by atoms with E-state index in [4.69, 9.17) is 0 Å². The van der Waals surface area contributed by atoms with E-state index in [2.05, 4.69) is 0 Å². The molecule has 0 heterocycles. The Morgan fingerprint density at radius 2 is 1.80 bits per heavy atom. The average molecular weight is 135 g/mol. The molecular weight excluding hydrogens is 126 g/mol. The quantitative estimate of drug-likeness (QED) is 0.477. The molecule has 1 rings (SSSR count). The lowest BCUT2D eigenvalue weighted by molar-refractivity contribution is 0.617. The fourth-order valence-corrected chi connectivity index (χ4v) is 0.715. The lowest BCUT2D eigenvalue weighted by Gasteiger charge is -1.97. The summed E-state index contributed by atoms with van der Waals surface area (Å²) in [7, 11) is 0. The van der Waals surface area contributed by atoms with E-state index in [0.29, 0.717) is 0 Å². The first-order valence-corrected chi connectivity index (χ1v) is 2.93. The van der Waals surface area contributed by atoms with E-state index >= 15 is 0 Å². The SMILES string of the molecule is Cc1cccc(F)c1C.[B]. The number of hydrogen-bond donors (Lipinski definition) is 0. The van der Waals surface area contributed by atoms with E-state index < -0.39 is 0 Å². The molecule has 0 aliphatic rings. The molecule has 0 atom stereocenters. The topological polar surface area (TPSA) is 0 Å². The van der Waals surface area contributed by atoms with Crippen molar-refractivity contribution in [2.45, 2.75) is 13.8 Å². The summed E-state index contributed by atoms with van der Waals surface area (Å²) in [5, 5.41) is 0. The summed E-state index contributed by atoms with van der Waals surface area (Å²) in [5.74, 6) is -0.116. The van der Waals surface area contributed by atoms with E-state index in [1.165, 1.54) is 6.07 Å². The molecule has 0 unspecified atom stereocenters. The molecule has 1 aromatic carbocycles. The number of aryl methyl sites for hydroxylation is 1. The monoisotopic (exact) mass is 135 g/mol. The minimum absolute atomic E-state index is 0. The summed E-state index contributed by atoms with van der Waals surface area (Å²) in [5.41, 5.74) is 1.76. The first kappa shape index (κ1) is 9.21. The van der Waals surface area contributed by atoms with Crippen LogP contribution >= 0.6 is 0 Å². The van der Waals surface area contributed by atoms with Crippen LogP contribution in [0.1, 0.15) is 11.1 Å². The first-order chi connectivity index (χ1) is 4.22. The van der Waals surface area contributed by atoms with Gasteiger partial charge in [0.25, 0.3) is 0 Å². The fourth-order valence-electron chi connectivity index (χ4n) is 0.715. The van der Waals surface area contributed by atoms with Gasteiger partial charge in [-0.05, 0) is 31.0 Å². The van der Waals surface area contributed by atoms with Crippen molar-refractivity contribution >= 4 is 8.41 Å². The molecule has 1 aromatic rings. The first-order valence-electron chi connectivity index (χ1n) is 2.93. The van der Waals surface area contributed by atoms with Crippen molar-refractivity contribution in [3.63, 3.8) is 0 Å². The van der Waals surface area contributed by atoms with Gasteiger partial charge in [-0.25, -0.2) is 4.39 Å². The molecule has 3 radical (unpaired) electrons. The Bertz CT molecular complexity index is 200. The van der Waals surface area contributed by atoms with Gasteiger partial charge in [0.2, 0.25) is 0 Å². The second-order valence-corrected chi connectivity index (χ2v) is 2.18. The minimum atomic E-state index is -0.116. The lowest BCUT2D eigenvalue weighted by Crippen LogP contribution is -1.83. The van der Waals surface area contributed by atoms with E-state index in [9.17, 15) is 4.39 Å². The van der Waals surface area contributed by atoms with Gasteiger partial charge in [-0.3, -0.25) is 0 Å². The standard InChI is InChI=1S/C8H9F.B/c1-6-4-3-5-8(9)7(6)2;/h3-5H,1-2H3;. The number of rotatable bonds is 0. The predicted octanol–water partition coefficient (Wildman–Crippen LogP) is 2.06. The minimum Gasteiger partial charge on any atom is -0.207 e. The number of hydrogen-bond acceptors (Lipinski definition) is 0. The molecule has 0 aromatic heterocycles. The Morgan fingerprint density at radius 1 is 1.20 bits per heavy atom. The van der Waals surface area contributed by atoms with Gasteiger partial charge in [0.1, 0.15) is 5.82 Å². The molecule has 0 saturated heterocycles. The largest absolute Gasteiger partial charge is 0.207 e. The van der Waals surface area contributed by atoms with Gasteiger partial charge in [-0.2, -0.15) is 0 Å². The summed E-state index contributed by atoms with van der Waals surface area (Å²) in [6, 6.07) is 5.10. The molecule has 0 bridgehead atoms. The van der Waals surface area contributed by atoms with Gasteiger partial charge in [-0.1, -0.05) is 12.1 Å². The third-order valence-electron chi connectivity index (χ3n) is 1.54. The van der Waals surface area contributed by atoms with E-state index in [-0.39, 0.29) is 14.2 Å². The third kappa shape index (κ3) is 1.60. The van der Waals surface area contributed by atoms with Gasteiger partial charge in [-0.15, -0.1) is 0 Å². The summed E-state index contributed by atoms with van der Waals surface area (Å²) in [6.45, 7) is 3.68. The predicted molar refractivity (Wildman–Crippen MR) is 41.6 cm³/mol. The zero-order valence-electron chi connectivity index (χ0n) is 6.19. The summed E-state index contributed by atoms with van der Waals surface area (Å²) in [6.07, 6.45) is 0. The highest BCUT2D eigenvalue weighted by molar-refractivity contribution is 5.75. The van der Waals surface area contributed by atoms with Crippen LogP contribution in [0.15, 0.2) is 18.2 Å². The van der Waals surface area contributed by atoms with Crippen LogP contribution in [0.5, 0.6) is 0 Å². The maximum absolute atomic E-state index is 12.6. The molecule has 0 saturated carbocycles. The molecule has 51 valence electrons. The summed E-state index contributed by atoms with van der Waals surface area (Å²) < 4.78 is 12.6. The molecule has 0 spiro atoms. The molecule has 0 fully saturated rings. The molecule has 10 heavy (non-hydrogen) atoms. The van der Waals surface area contributed by atoms with Crippen molar-refractivity contribution in [3.05, 3.63) is 35.1 Å². The van der Waals surface area contributed by atoms with Crippen LogP contribution in [-0.4, -0.2) is 8.41 Å². The smallest absolute Gasteiger partial charge is 0.126 e. The maximum atomic E-state index is 12.6. The highest BCUT2D eigenvalue weighted by atomic mass is 19.1. The van der Waals surface area contributed by atoms with Crippen LogP contribution < -0.4 is 0 Å². The van der Waals surface area contributed by atoms with Crippen LogP contribution in [-0.2, 0) is 0 Å². The van der Waals surface area contributed by atoms with Gasteiger partial charge < -0.3 is 0 Å². The van der Waals surface area contributed by atoms with Crippen molar-refractivity contribution in [2.24, 2.45) is 0 Å². The van der Waals surface area contributed by atoms with Crippen molar-refractivity contribution < 1.29 is 4.39 Å².